The highest BCUT2D eigenvalue weighted by Gasteiger charge is 2.36. The number of rotatable bonds is 5. The number of tetrazole rings is 1. The van der Waals surface area contributed by atoms with Crippen LogP contribution in [-0.2, 0) is 15.1 Å². The van der Waals surface area contributed by atoms with E-state index in [0.717, 1.165) is 22.0 Å². The maximum Gasteiger partial charge on any atom is 0.309 e. The highest BCUT2D eigenvalue weighted by Crippen LogP contribution is 2.33. The Morgan fingerprint density at radius 1 is 1.18 bits per heavy atom. The van der Waals surface area contributed by atoms with Crippen molar-refractivity contribution in [1.29, 1.82) is 0 Å². The molecule has 3 heterocycles. The molecule has 1 N–H and O–H groups in total. The zero-order valence-electron chi connectivity index (χ0n) is 20.9. The Morgan fingerprint density at radius 3 is 2.50 bits per heavy atom. The van der Waals surface area contributed by atoms with Crippen molar-refractivity contribution in [3.63, 3.8) is 0 Å². The molecular formula is C25H34N6O3. The molecule has 34 heavy (non-hydrogen) atoms. The van der Waals surface area contributed by atoms with Crippen LogP contribution in [0.25, 0.3) is 10.9 Å². The van der Waals surface area contributed by atoms with Crippen molar-refractivity contribution in [3.05, 3.63) is 51.1 Å². The number of aromatic nitrogens is 5. The van der Waals surface area contributed by atoms with Crippen molar-refractivity contribution in [2.45, 2.75) is 66.0 Å². The fraction of sp³-hybridized carbons (Fsp3) is 0.560. The van der Waals surface area contributed by atoms with Gasteiger partial charge in [0.1, 0.15) is 6.04 Å². The molecule has 0 aliphatic carbocycles. The topological polar surface area (TPSA) is 106 Å². The number of esters is 1. The first-order chi connectivity index (χ1) is 16.1. The molecule has 9 heteroatoms. The van der Waals surface area contributed by atoms with Gasteiger partial charge in [-0.15, -0.1) is 5.10 Å². The number of aryl methyl sites for hydroxylation is 2. The van der Waals surface area contributed by atoms with Gasteiger partial charge in [-0.25, -0.2) is 4.68 Å². The summed E-state index contributed by atoms with van der Waals surface area (Å²) in [4.78, 5) is 31.0. The number of ether oxygens (including phenoxy) is 1. The quantitative estimate of drug-likeness (QED) is 0.575. The first-order valence-corrected chi connectivity index (χ1v) is 11.9. The van der Waals surface area contributed by atoms with Crippen LogP contribution < -0.4 is 5.56 Å². The molecule has 0 spiro atoms. The smallest absolute Gasteiger partial charge is 0.309 e. The van der Waals surface area contributed by atoms with Crippen molar-refractivity contribution in [1.82, 2.24) is 30.1 Å². The molecular weight excluding hydrogens is 432 g/mol. The first-order valence-electron chi connectivity index (χ1n) is 11.9. The predicted octanol–water partition coefficient (Wildman–Crippen LogP) is 3.25. The monoisotopic (exact) mass is 466 g/mol. The van der Waals surface area contributed by atoms with Gasteiger partial charge in [0.25, 0.3) is 5.56 Å². The molecule has 1 fully saturated rings. The van der Waals surface area contributed by atoms with Crippen LogP contribution in [0.15, 0.2) is 23.0 Å². The number of H-pyrrole nitrogens is 1. The fourth-order valence-electron chi connectivity index (χ4n) is 4.69. The highest BCUT2D eigenvalue weighted by molar-refractivity contribution is 5.81. The molecule has 2 aromatic heterocycles. The van der Waals surface area contributed by atoms with Gasteiger partial charge in [-0.05, 0) is 99.5 Å². The molecule has 182 valence electrons. The number of aromatic amines is 1. The molecule has 1 atom stereocenters. The maximum atomic E-state index is 13.4. The van der Waals surface area contributed by atoms with Crippen molar-refractivity contribution < 1.29 is 9.53 Å². The van der Waals surface area contributed by atoms with E-state index < -0.39 is 6.04 Å². The molecule has 1 aromatic carbocycles. The summed E-state index contributed by atoms with van der Waals surface area (Å²) < 4.78 is 7.03. The molecule has 0 amide bonds. The molecule has 0 radical (unpaired) electrons. The second kappa shape index (κ2) is 9.29. The fourth-order valence-corrected chi connectivity index (χ4v) is 4.69. The van der Waals surface area contributed by atoms with Crippen LogP contribution in [-0.4, -0.2) is 55.8 Å². The second-order valence-corrected chi connectivity index (χ2v) is 10.2. The van der Waals surface area contributed by atoms with Gasteiger partial charge in [-0.3, -0.25) is 14.5 Å². The lowest BCUT2D eigenvalue weighted by molar-refractivity contribution is -0.149. The number of nitrogens with zero attached hydrogens (tertiary/aromatic N) is 5. The van der Waals surface area contributed by atoms with E-state index >= 15 is 0 Å². The summed E-state index contributed by atoms with van der Waals surface area (Å²) >= 11 is 0. The Bertz CT molecular complexity index is 1250. The van der Waals surface area contributed by atoms with Crippen LogP contribution >= 0.6 is 0 Å². The SMILES string of the molecule is CCOC(=O)C1CCN([C@@H](c2cc3cc(C)c(C)cc3[nH]c2=O)c2nnnn2C(C)(C)C)CC1. The lowest BCUT2D eigenvalue weighted by Gasteiger charge is -2.37. The molecule has 9 nitrogen and oxygen atoms in total. The number of hydrogen-bond donors (Lipinski definition) is 1. The van der Waals surface area contributed by atoms with Crippen LogP contribution in [0.1, 0.15) is 69.1 Å². The molecule has 4 rings (SSSR count). The van der Waals surface area contributed by atoms with E-state index in [9.17, 15) is 9.59 Å². The average molecular weight is 467 g/mol. The van der Waals surface area contributed by atoms with Gasteiger partial charge >= 0.3 is 5.97 Å². The van der Waals surface area contributed by atoms with Crippen LogP contribution in [0, 0.1) is 19.8 Å². The number of piperidine rings is 1. The second-order valence-electron chi connectivity index (χ2n) is 10.2. The standard InChI is InChI=1S/C25H34N6O3/c1-7-34-24(33)17-8-10-30(11-9-17)21(22-27-28-29-31(22)25(4,5)6)19-14-18-12-15(2)16(3)13-20(18)26-23(19)32/h12-14,17,21H,7-11H2,1-6H3,(H,26,32)/t21-/m0/s1. The summed E-state index contributed by atoms with van der Waals surface area (Å²) in [7, 11) is 0. The van der Waals surface area contributed by atoms with Gasteiger partial charge in [0.2, 0.25) is 0 Å². The summed E-state index contributed by atoms with van der Waals surface area (Å²) in [6, 6.07) is 5.63. The largest absolute Gasteiger partial charge is 0.466 e. The number of pyridine rings is 1. The van der Waals surface area contributed by atoms with Crippen LogP contribution in [0.3, 0.4) is 0 Å². The van der Waals surface area contributed by atoms with E-state index in [1.165, 1.54) is 0 Å². The van der Waals surface area contributed by atoms with Crippen LogP contribution in [0.4, 0.5) is 0 Å². The first kappa shape index (κ1) is 24.1. The number of likely N-dealkylation sites (tertiary alicyclic amines) is 1. The summed E-state index contributed by atoms with van der Waals surface area (Å²) in [5.41, 5.74) is 3.19. The Labute approximate surface area is 199 Å². The third-order valence-corrected chi connectivity index (χ3v) is 6.67. The number of carbonyl (C=O) groups is 1. The minimum absolute atomic E-state index is 0.129. The normalized spacial score (nSPS) is 16.6. The molecule has 1 aliphatic rings. The number of benzene rings is 1. The highest BCUT2D eigenvalue weighted by atomic mass is 16.5. The van der Waals surface area contributed by atoms with Crippen LogP contribution in [0.5, 0.6) is 0 Å². The molecule has 3 aromatic rings. The zero-order chi connectivity index (χ0) is 24.6. The van der Waals surface area contributed by atoms with Gasteiger partial charge in [0.05, 0.1) is 18.1 Å². The minimum Gasteiger partial charge on any atom is -0.466 e. The van der Waals surface area contributed by atoms with Gasteiger partial charge in [0.15, 0.2) is 5.82 Å². The van der Waals surface area contributed by atoms with Crippen molar-refractivity contribution >= 4 is 16.9 Å². The molecule has 0 unspecified atom stereocenters. The molecule has 0 saturated carbocycles. The molecule has 1 aliphatic heterocycles. The number of fused-ring (bicyclic) bond motifs is 1. The van der Waals surface area contributed by atoms with Gasteiger partial charge in [0, 0.05) is 24.2 Å². The van der Waals surface area contributed by atoms with E-state index in [-0.39, 0.29) is 23.0 Å². The average Bonchev–Trinajstić information content (AvgIpc) is 3.26. The summed E-state index contributed by atoms with van der Waals surface area (Å²) in [5.74, 6) is 0.347. The Kier molecular flexibility index (Phi) is 6.58. The Hall–Kier alpha value is -3.07. The van der Waals surface area contributed by atoms with Crippen molar-refractivity contribution in [3.8, 4) is 0 Å². The van der Waals surface area contributed by atoms with Crippen molar-refractivity contribution in [2.75, 3.05) is 19.7 Å². The minimum atomic E-state index is -0.438. The van der Waals surface area contributed by atoms with Gasteiger partial charge in [-0.1, -0.05) is 0 Å². The number of nitrogens with one attached hydrogen (secondary N) is 1. The van der Waals surface area contributed by atoms with Gasteiger partial charge in [-0.2, -0.15) is 0 Å². The third kappa shape index (κ3) is 4.61. The summed E-state index contributed by atoms with van der Waals surface area (Å²) in [5, 5.41) is 13.6. The zero-order valence-corrected chi connectivity index (χ0v) is 20.9. The third-order valence-electron chi connectivity index (χ3n) is 6.67. The lowest BCUT2D eigenvalue weighted by atomic mass is 9.93. The van der Waals surface area contributed by atoms with E-state index in [2.05, 4.69) is 38.4 Å². The number of hydrogen-bond acceptors (Lipinski definition) is 7. The lowest BCUT2D eigenvalue weighted by Crippen LogP contribution is -2.43. The van der Waals surface area contributed by atoms with Gasteiger partial charge < -0.3 is 9.72 Å². The summed E-state index contributed by atoms with van der Waals surface area (Å²) in [6.07, 6.45) is 1.33. The van der Waals surface area contributed by atoms with E-state index in [0.29, 0.717) is 43.9 Å². The van der Waals surface area contributed by atoms with E-state index in [1.807, 2.05) is 46.8 Å². The summed E-state index contributed by atoms with van der Waals surface area (Å²) in [6.45, 7) is 13.7. The maximum absolute atomic E-state index is 13.4. The van der Waals surface area contributed by atoms with Crippen LogP contribution in [0.2, 0.25) is 0 Å². The Balaban J connectivity index is 1.79. The molecule has 1 saturated heterocycles. The van der Waals surface area contributed by atoms with E-state index in [1.54, 1.807) is 4.68 Å². The number of carbonyl (C=O) groups excluding carboxylic acids is 1. The van der Waals surface area contributed by atoms with Crippen molar-refractivity contribution in [2.24, 2.45) is 5.92 Å². The molecule has 0 bridgehead atoms. The Morgan fingerprint density at radius 2 is 1.85 bits per heavy atom. The predicted molar refractivity (Wildman–Crippen MR) is 130 cm³/mol. The van der Waals surface area contributed by atoms with E-state index in [4.69, 9.17) is 4.74 Å².